The molecule has 1 aromatic rings. The summed E-state index contributed by atoms with van der Waals surface area (Å²) in [5.41, 5.74) is 0. The normalized spacial score (nSPS) is 24.5. The number of hydrogen-bond acceptors (Lipinski definition) is 6. The minimum absolute atomic E-state index is 0.0504. The van der Waals surface area contributed by atoms with Crippen LogP contribution in [0.25, 0.3) is 0 Å². The van der Waals surface area contributed by atoms with Gasteiger partial charge in [0.2, 0.25) is 0 Å². The van der Waals surface area contributed by atoms with Gasteiger partial charge in [-0.3, -0.25) is 14.7 Å². The van der Waals surface area contributed by atoms with Crippen LogP contribution < -0.4 is 4.74 Å². The predicted octanol–water partition coefficient (Wildman–Crippen LogP) is -0.598. The average molecular weight is 325 g/mol. The third kappa shape index (κ3) is 3.56. The first-order valence-corrected chi connectivity index (χ1v) is 9.11. The molecule has 0 spiro atoms. The van der Waals surface area contributed by atoms with Crippen molar-refractivity contribution in [2.75, 3.05) is 44.3 Å². The van der Waals surface area contributed by atoms with Crippen LogP contribution in [0.15, 0.2) is 24.5 Å². The van der Waals surface area contributed by atoms with Gasteiger partial charge in [-0.05, 0) is 12.1 Å². The molecule has 0 saturated carbocycles. The van der Waals surface area contributed by atoms with Gasteiger partial charge in [-0.25, -0.2) is 8.42 Å². The van der Waals surface area contributed by atoms with Crippen LogP contribution in [-0.2, 0) is 14.6 Å². The van der Waals surface area contributed by atoms with E-state index < -0.39 is 9.84 Å². The monoisotopic (exact) mass is 325 g/mol. The summed E-state index contributed by atoms with van der Waals surface area (Å²) in [6.07, 6.45) is 3.19. The van der Waals surface area contributed by atoms with Crippen LogP contribution in [0.1, 0.15) is 0 Å². The van der Waals surface area contributed by atoms with Crippen LogP contribution in [0.3, 0.4) is 0 Å². The van der Waals surface area contributed by atoms with Crippen LogP contribution in [-0.4, -0.2) is 79.4 Å². The van der Waals surface area contributed by atoms with Gasteiger partial charge in [-0.1, -0.05) is 0 Å². The summed E-state index contributed by atoms with van der Waals surface area (Å²) in [6, 6.07) is 3.40. The summed E-state index contributed by atoms with van der Waals surface area (Å²) >= 11 is 0. The topological polar surface area (TPSA) is 79.8 Å². The zero-order chi connectivity index (χ0) is 15.6. The number of aromatic nitrogens is 1. The molecule has 0 bridgehead atoms. The van der Waals surface area contributed by atoms with E-state index in [1.807, 2.05) is 0 Å². The molecule has 0 radical (unpaired) electrons. The second-order valence-electron chi connectivity index (χ2n) is 5.62. The van der Waals surface area contributed by atoms with Crippen molar-refractivity contribution in [1.29, 1.82) is 0 Å². The largest absolute Gasteiger partial charge is 0.482 e. The molecular weight excluding hydrogens is 306 g/mol. The van der Waals surface area contributed by atoms with E-state index in [4.69, 9.17) is 4.74 Å². The van der Waals surface area contributed by atoms with Crippen LogP contribution in [0.2, 0.25) is 0 Å². The van der Waals surface area contributed by atoms with Crippen LogP contribution in [0.5, 0.6) is 5.75 Å². The van der Waals surface area contributed by atoms with Gasteiger partial charge >= 0.3 is 0 Å². The minimum Gasteiger partial charge on any atom is -0.482 e. The highest BCUT2D eigenvalue weighted by Crippen LogP contribution is 2.17. The molecule has 7 nitrogen and oxygen atoms in total. The Morgan fingerprint density at radius 2 is 2.23 bits per heavy atom. The van der Waals surface area contributed by atoms with E-state index in [1.165, 1.54) is 0 Å². The molecule has 3 heterocycles. The van der Waals surface area contributed by atoms with E-state index in [0.717, 1.165) is 6.54 Å². The van der Waals surface area contributed by atoms with Gasteiger partial charge in [-0.15, -0.1) is 0 Å². The highest BCUT2D eigenvalue weighted by Gasteiger charge is 2.36. The number of nitrogens with zero attached hydrogens (tertiary/aromatic N) is 3. The van der Waals surface area contributed by atoms with Crippen molar-refractivity contribution in [3.8, 4) is 5.75 Å². The fraction of sp³-hybridized carbons (Fsp3) is 0.571. The molecule has 1 unspecified atom stereocenters. The summed E-state index contributed by atoms with van der Waals surface area (Å²) in [6.45, 7) is 2.31. The molecule has 2 aliphatic rings. The Bertz CT molecular complexity index is 635. The molecule has 0 aliphatic carbocycles. The lowest BCUT2D eigenvalue weighted by Gasteiger charge is -2.43. The average Bonchev–Trinajstić information content (AvgIpc) is 2.52. The molecule has 1 amide bonds. The van der Waals surface area contributed by atoms with Gasteiger partial charge in [0.05, 0.1) is 17.7 Å². The first-order chi connectivity index (χ1) is 10.5. The van der Waals surface area contributed by atoms with Gasteiger partial charge in [0.25, 0.3) is 5.91 Å². The van der Waals surface area contributed by atoms with E-state index in [9.17, 15) is 13.2 Å². The van der Waals surface area contributed by atoms with Crippen LogP contribution >= 0.6 is 0 Å². The molecule has 2 saturated heterocycles. The van der Waals surface area contributed by atoms with Gasteiger partial charge in [0, 0.05) is 38.4 Å². The Morgan fingerprint density at radius 1 is 1.36 bits per heavy atom. The molecule has 0 N–H and O–H groups in total. The van der Waals surface area contributed by atoms with Crippen molar-refractivity contribution in [3.63, 3.8) is 0 Å². The van der Waals surface area contributed by atoms with Gasteiger partial charge in [0.15, 0.2) is 16.4 Å². The highest BCUT2D eigenvalue weighted by atomic mass is 32.2. The number of ether oxygens (including phenoxy) is 1. The Kier molecular flexibility index (Phi) is 4.30. The maximum atomic E-state index is 12.2. The van der Waals surface area contributed by atoms with Crippen molar-refractivity contribution in [3.05, 3.63) is 24.5 Å². The van der Waals surface area contributed by atoms with Crippen LogP contribution in [0.4, 0.5) is 0 Å². The van der Waals surface area contributed by atoms with E-state index in [0.29, 0.717) is 25.4 Å². The quantitative estimate of drug-likeness (QED) is 0.738. The van der Waals surface area contributed by atoms with Gasteiger partial charge in [-0.2, -0.15) is 0 Å². The Hall–Kier alpha value is -1.67. The molecule has 8 heteroatoms. The fourth-order valence-electron chi connectivity index (χ4n) is 2.87. The van der Waals surface area contributed by atoms with Gasteiger partial charge in [0.1, 0.15) is 5.75 Å². The second-order valence-corrected chi connectivity index (χ2v) is 7.85. The molecule has 3 rings (SSSR count). The number of carbonyl (C=O) groups excluding carboxylic acids is 1. The maximum Gasteiger partial charge on any atom is 0.260 e. The first kappa shape index (κ1) is 15.2. The third-order valence-electron chi connectivity index (χ3n) is 4.09. The standard InChI is InChI=1S/C14H19N3O4S/c18-14(10-21-13-2-1-3-15-8-13)17-5-4-16-6-7-22(19,20)11-12(16)9-17/h1-3,8,12H,4-7,9-11H2. The van der Waals surface area contributed by atoms with Crippen molar-refractivity contribution < 1.29 is 17.9 Å². The first-order valence-electron chi connectivity index (χ1n) is 7.28. The number of carbonyl (C=O) groups is 1. The molecule has 2 fully saturated rings. The molecule has 1 aromatic heterocycles. The Balaban J connectivity index is 1.55. The highest BCUT2D eigenvalue weighted by molar-refractivity contribution is 7.91. The lowest BCUT2D eigenvalue weighted by Crippen LogP contribution is -2.60. The second kappa shape index (κ2) is 6.21. The number of pyridine rings is 1. The number of amides is 1. The molecule has 1 atom stereocenters. The van der Waals surface area contributed by atoms with Crippen molar-refractivity contribution in [2.45, 2.75) is 6.04 Å². The Morgan fingerprint density at radius 3 is 3.00 bits per heavy atom. The SMILES string of the molecule is O=C(COc1cccnc1)N1CCN2CCS(=O)(=O)CC2C1. The zero-order valence-electron chi connectivity index (χ0n) is 12.2. The number of sulfone groups is 1. The van der Waals surface area contributed by atoms with Crippen molar-refractivity contribution in [1.82, 2.24) is 14.8 Å². The lowest BCUT2D eigenvalue weighted by molar-refractivity contribution is -0.136. The number of fused-ring (bicyclic) bond motifs is 1. The van der Waals surface area contributed by atoms with E-state index in [2.05, 4.69) is 9.88 Å². The van der Waals surface area contributed by atoms with Crippen molar-refractivity contribution >= 4 is 15.7 Å². The molecule has 2 aliphatic heterocycles. The Labute approximate surface area is 129 Å². The van der Waals surface area contributed by atoms with Gasteiger partial charge < -0.3 is 9.64 Å². The summed E-state index contributed by atoms with van der Waals surface area (Å²) in [4.78, 5) is 20.0. The fourth-order valence-corrected chi connectivity index (χ4v) is 4.46. The predicted molar refractivity (Wildman–Crippen MR) is 80.3 cm³/mol. The molecule has 0 aromatic carbocycles. The number of piperazine rings is 1. The summed E-state index contributed by atoms with van der Waals surface area (Å²) in [5, 5.41) is 0. The number of rotatable bonds is 3. The van der Waals surface area contributed by atoms with Crippen molar-refractivity contribution in [2.24, 2.45) is 0 Å². The molecule has 120 valence electrons. The summed E-state index contributed by atoms with van der Waals surface area (Å²) in [5.74, 6) is 0.795. The van der Waals surface area contributed by atoms with Crippen LogP contribution in [0, 0.1) is 0 Å². The number of hydrogen-bond donors (Lipinski definition) is 0. The van der Waals surface area contributed by atoms with E-state index in [-0.39, 0.29) is 30.1 Å². The van der Waals surface area contributed by atoms with E-state index in [1.54, 1.807) is 29.4 Å². The van der Waals surface area contributed by atoms with E-state index >= 15 is 0 Å². The minimum atomic E-state index is -2.98. The lowest BCUT2D eigenvalue weighted by atomic mass is 10.2. The smallest absolute Gasteiger partial charge is 0.260 e. The molecule has 22 heavy (non-hydrogen) atoms. The third-order valence-corrected chi connectivity index (χ3v) is 5.79. The molecular formula is C14H19N3O4S. The zero-order valence-corrected chi connectivity index (χ0v) is 13.0. The summed E-state index contributed by atoms with van der Waals surface area (Å²) in [7, 11) is -2.98. The summed E-state index contributed by atoms with van der Waals surface area (Å²) < 4.78 is 28.9. The maximum absolute atomic E-state index is 12.2.